The van der Waals surface area contributed by atoms with Crippen molar-refractivity contribution in [2.45, 2.75) is 19.4 Å². The average Bonchev–Trinajstić information content (AvgIpc) is 2.33. The smallest absolute Gasteiger partial charge is 0.269 e. The fourth-order valence-corrected chi connectivity index (χ4v) is 2.03. The number of amides is 1. The highest BCUT2D eigenvalue weighted by Gasteiger charge is 2.43. The van der Waals surface area contributed by atoms with Crippen LogP contribution in [0.4, 0.5) is 5.69 Å². The largest absolute Gasteiger partial charge is 0.386 e. The van der Waals surface area contributed by atoms with Gasteiger partial charge in [0.1, 0.15) is 11.3 Å². The van der Waals surface area contributed by atoms with Crippen LogP contribution in [0.15, 0.2) is 18.3 Å². The van der Waals surface area contributed by atoms with Crippen LogP contribution < -0.4 is 10.2 Å². The fraction of sp³-hybridized carbons (Fsp3) is 0.538. The summed E-state index contributed by atoms with van der Waals surface area (Å²) in [7, 11) is 1.58. The van der Waals surface area contributed by atoms with Crippen LogP contribution >= 0.6 is 0 Å². The van der Waals surface area contributed by atoms with Crippen LogP contribution in [0, 0.1) is 5.92 Å². The van der Waals surface area contributed by atoms with Crippen LogP contribution in [-0.2, 0) is 0 Å². The van der Waals surface area contributed by atoms with E-state index in [0.29, 0.717) is 18.8 Å². The molecule has 0 aliphatic carbocycles. The van der Waals surface area contributed by atoms with Crippen molar-refractivity contribution in [2.75, 3.05) is 25.0 Å². The normalized spacial score (nSPS) is 17.5. The second-order valence-electron chi connectivity index (χ2n) is 5.09. The first-order valence-electron chi connectivity index (χ1n) is 6.12. The molecule has 5 nitrogen and oxygen atoms in total. The topological polar surface area (TPSA) is 65.5 Å². The number of aromatic nitrogens is 1. The van der Waals surface area contributed by atoms with Gasteiger partial charge in [0.05, 0.1) is 0 Å². The van der Waals surface area contributed by atoms with Crippen molar-refractivity contribution >= 4 is 11.6 Å². The van der Waals surface area contributed by atoms with Crippen LogP contribution in [0.25, 0.3) is 0 Å². The predicted molar refractivity (Wildman–Crippen MR) is 69.6 cm³/mol. The van der Waals surface area contributed by atoms with Gasteiger partial charge in [-0.25, -0.2) is 0 Å². The van der Waals surface area contributed by atoms with Crippen molar-refractivity contribution in [1.29, 1.82) is 0 Å². The molecule has 18 heavy (non-hydrogen) atoms. The van der Waals surface area contributed by atoms with Gasteiger partial charge in [-0.2, -0.15) is 0 Å². The summed E-state index contributed by atoms with van der Waals surface area (Å²) in [6.45, 7) is 5.23. The molecule has 0 aromatic carbocycles. The van der Waals surface area contributed by atoms with E-state index in [2.05, 4.69) is 10.3 Å². The summed E-state index contributed by atoms with van der Waals surface area (Å²) in [5.41, 5.74) is 0.708. The number of carbonyl (C=O) groups excluding carboxylic acids is 1. The van der Waals surface area contributed by atoms with Crippen LogP contribution in [0.1, 0.15) is 24.3 Å². The first-order valence-corrected chi connectivity index (χ1v) is 6.12. The molecule has 1 aliphatic heterocycles. The van der Waals surface area contributed by atoms with Gasteiger partial charge in [0.25, 0.3) is 5.91 Å². The minimum atomic E-state index is -0.615. The van der Waals surface area contributed by atoms with Crippen molar-refractivity contribution < 1.29 is 9.90 Å². The van der Waals surface area contributed by atoms with Crippen molar-refractivity contribution in [2.24, 2.45) is 5.92 Å². The number of β-amino-alcohol motifs (C(OH)–C–C–N with tert-alkyl or cyclic N) is 1. The molecule has 5 heteroatoms. The zero-order chi connectivity index (χ0) is 13.3. The Morgan fingerprint density at radius 3 is 2.78 bits per heavy atom. The molecular weight excluding hydrogens is 230 g/mol. The Hall–Kier alpha value is -1.62. The number of hydrogen-bond acceptors (Lipinski definition) is 4. The molecule has 1 saturated heterocycles. The van der Waals surface area contributed by atoms with E-state index >= 15 is 0 Å². The van der Waals surface area contributed by atoms with Crippen LogP contribution in [0.2, 0.25) is 0 Å². The summed E-state index contributed by atoms with van der Waals surface area (Å²) in [6, 6.07) is 3.60. The van der Waals surface area contributed by atoms with E-state index in [4.69, 9.17) is 0 Å². The molecule has 1 fully saturated rings. The highest BCUT2D eigenvalue weighted by Crippen LogP contribution is 2.32. The lowest BCUT2D eigenvalue weighted by molar-refractivity contribution is -0.0300. The minimum absolute atomic E-state index is 0.198. The van der Waals surface area contributed by atoms with Crippen LogP contribution in [0.5, 0.6) is 0 Å². The number of pyridine rings is 1. The zero-order valence-corrected chi connectivity index (χ0v) is 11.0. The molecule has 0 unspecified atom stereocenters. The second kappa shape index (κ2) is 4.57. The number of carbonyl (C=O) groups is 1. The molecule has 0 radical (unpaired) electrons. The molecule has 98 valence electrons. The summed E-state index contributed by atoms with van der Waals surface area (Å²) >= 11 is 0. The maximum absolute atomic E-state index is 11.5. The number of anilines is 1. The third-order valence-electron chi connectivity index (χ3n) is 3.57. The van der Waals surface area contributed by atoms with Crippen molar-refractivity contribution in [3.05, 3.63) is 24.0 Å². The van der Waals surface area contributed by atoms with Crippen LogP contribution in [0.3, 0.4) is 0 Å². The monoisotopic (exact) mass is 249 g/mol. The molecule has 1 aromatic rings. The first kappa shape index (κ1) is 12.8. The van der Waals surface area contributed by atoms with E-state index < -0.39 is 5.60 Å². The molecule has 0 bridgehead atoms. The van der Waals surface area contributed by atoms with Crippen molar-refractivity contribution in [1.82, 2.24) is 10.3 Å². The van der Waals surface area contributed by atoms with Gasteiger partial charge in [0.15, 0.2) is 0 Å². The van der Waals surface area contributed by atoms with Gasteiger partial charge >= 0.3 is 0 Å². The highest BCUT2D eigenvalue weighted by atomic mass is 16.3. The molecule has 1 aliphatic rings. The summed E-state index contributed by atoms with van der Waals surface area (Å²) in [4.78, 5) is 17.6. The maximum Gasteiger partial charge on any atom is 0.269 e. The standard InChI is InChI=1S/C13H19N3O2/c1-9(2)13(18)7-16(8-13)10-4-5-15-11(6-10)12(17)14-3/h4-6,9,18H,7-8H2,1-3H3,(H,14,17). The van der Waals surface area contributed by atoms with E-state index in [9.17, 15) is 9.90 Å². The summed E-state index contributed by atoms with van der Waals surface area (Å²) in [5, 5.41) is 12.8. The van der Waals surface area contributed by atoms with E-state index in [0.717, 1.165) is 5.69 Å². The Morgan fingerprint density at radius 2 is 2.22 bits per heavy atom. The zero-order valence-electron chi connectivity index (χ0n) is 11.0. The Morgan fingerprint density at radius 1 is 1.56 bits per heavy atom. The minimum Gasteiger partial charge on any atom is -0.386 e. The predicted octanol–water partition coefficient (Wildman–Crippen LogP) is 0.648. The first-order chi connectivity index (χ1) is 8.46. The average molecular weight is 249 g/mol. The number of aliphatic hydroxyl groups is 1. The molecule has 2 rings (SSSR count). The molecule has 0 saturated carbocycles. The Kier molecular flexibility index (Phi) is 3.26. The van der Waals surface area contributed by atoms with Gasteiger partial charge < -0.3 is 15.3 Å². The summed E-state index contributed by atoms with van der Waals surface area (Å²) in [5.74, 6) is 0.0329. The Balaban J connectivity index is 2.10. The van der Waals surface area contributed by atoms with Crippen LogP contribution in [-0.4, -0.2) is 41.7 Å². The quantitative estimate of drug-likeness (QED) is 0.825. The van der Waals surface area contributed by atoms with E-state index in [-0.39, 0.29) is 11.8 Å². The van der Waals surface area contributed by atoms with Gasteiger partial charge in [-0.1, -0.05) is 13.8 Å². The number of rotatable bonds is 3. The molecule has 1 amide bonds. The molecule has 1 aromatic heterocycles. The summed E-state index contributed by atoms with van der Waals surface area (Å²) in [6.07, 6.45) is 1.62. The van der Waals surface area contributed by atoms with Crippen molar-refractivity contribution in [3.8, 4) is 0 Å². The van der Waals surface area contributed by atoms with Gasteiger partial charge in [-0.15, -0.1) is 0 Å². The van der Waals surface area contributed by atoms with Crippen molar-refractivity contribution in [3.63, 3.8) is 0 Å². The molecule has 0 atom stereocenters. The molecular formula is C13H19N3O2. The lowest BCUT2D eigenvalue weighted by Crippen LogP contribution is -2.64. The Bertz CT molecular complexity index is 453. The van der Waals surface area contributed by atoms with Gasteiger partial charge in [0.2, 0.25) is 0 Å². The third-order valence-corrected chi connectivity index (χ3v) is 3.57. The fourth-order valence-electron chi connectivity index (χ4n) is 2.03. The molecule has 2 N–H and O–H groups in total. The van der Waals surface area contributed by atoms with Gasteiger partial charge in [-0.3, -0.25) is 9.78 Å². The van der Waals surface area contributed by atoms with Gasteiger partial charge in [-0.05, 0) is 18.1 Å². The molecule has 2 heterocycles. The second-order valence-corrected chi connectivity index (χ2v) is 5.09. The molecule has 0 spiro atoms. The van der Waals surface area contributed by atoms with E-state index in [1.807, 2.05) is 24.8 Å². The summed E-state index contributed by atoms with van der Waals surface area (Å²) < 4.78 is 0. The third kappa shape index (κ3) is 2.18. The number of nitrogens with one attached hydrogen (secondary N) is 1. The SMILES string of the molecule is CNC(=O)c1cc(N2CC(O)(C(C)C)C2)ccn1. The number of hydrogen-bond donors (Lipinski definition) is 2. The maximum atomic E-state index is 11.5. The van der Waals surface area contributed by atoms with Gasteiger partial charge in [0, 0.05) is 32.0 Å². The number of nitrogens with zero attached hydrogens (tertiary/aromatic N) is 2. The highest BCUT2D eigenvalue weighted by molar-refractivity contribution is 5.92. The lowest BCUT2D eigenvalue weighted by atomic mass is 9.83. The van der Waals surface area contributed by atoms with E-state index in [1.165, 1.54) is 0 Å². The lowest BCUT2D eigenvalue weighted by Gasteiger charge is -2.50. The van der Waals surface area contributed by atoms with E-state index in [1.54, 1.807) is 19.3 Å². The Labute approximate surface area is 107 Å².